The zero-order valence-electron chi connectivity index (χ0n) is 12.0. The SMILES string of the molecule is FC1C=NC(Nc2ccc(Br)cc2)=NC1=NCc1cccnc1. The van der Waals surface area contributed by atoms with E-state index in [-0.39, 0.29) is 5.84 Å². The van der Waals surface area contributed by atoms with Crippen LogP contribution >= 0.6 is 15.9 Å². The van der Waals surface area contributed by atoms with Gasteiger partial charge < -0.3 is 5.32 Å². The van der Waals surface area contributed by atoms with Crippen LogP contribution in [0.4, 0.5) is 10.1 Å². The maximum atomic E-state index is 13.9. The molecule has 1 N–H and O–H groups in total. The fourth-order valence-corrected chi connectivity index (χ4v) is 2.18. The van der Waals surface area contributed by atoms with Gasteiger partial charge in [0.1, 0.15) is 0 Å². The van der Waals surface area contributed by atoms with Crippen LogP contribution in [0, 0.1) is 0 Å². The second kappa shape index (κ2) is 7.23. The fraction of sp³-hybridized carbons (Fsp3) is 0.125. The first-order valence-corrected chi connectivity index (χ1v) is 7.73. The lowest BCUT2D eigenvalue weighted by molar-refractivity contribution is 0.516. The van der Waals surface area contributed by atoms with E-state index in [2.05, 4.69) is 41.2 Å². The summed E-state index contributed by atoms with van der Waals surface area (Å²) in [5, 5.41) is 3.03. The molecule has 2 heterocycles. The molecular weight excluding hydrogens is 361 g/mol. The van der Waals surface area contributed by atoms with Crippen molar-refractivity contribution >= 4 is 39.6 Å². The fourth-order valence-electron chi connectivity index (χ4n) is 1.91. The average molecular weight is 374 g/mol. The molecule has 1 aromatic heterocycles. The van der Waals surface area contributed by atoms with E-state index >= 15 is 0 Å². The van der Waals surface area contributed by atoms with Crippen LogP contribution in [0.1, 0.15) is 5.56 Å². The Balaban J connectivity index is 1.74. The number of amidine groups is 1. The number of aromatic nitrogens is 1. The molecule has 1 atom stereocenters. The molecular formula is C16H13BrFN5. The number of benzene rings is 1. The first-order valence-electron chi connectivity index (χ1n) is 6.93. The van der Waals surface area contributed by atoms with Crippen LogP contribution in [0.15, 0.2) is 68.2 Å². The lowest BCUT2D eigenvalue weighted by atomic mass is 10.3. The highest BCUT2D eigenvalue weighted by molar-refractivity contribution is 9.10. The predicted octanol–water partition coefficient (Wildman–Crippen LogP) is 3.63. The van der Waals surface area contributed by atoms with E-state index in [1.807, 2.05) is 36.4 Å². The number of anilines is 1. The molecule has 1 aliphatic rings. The van der Waals surface area contributed by atoms with Crippen molar-refractivity contribution in [2.75, 3.05) is 5.32 Å². The molecule has 1 aromatic carbocycles. The summed E-state index contributed by atoms with van der Waals surface area (Å²) in [5.74, 6) is 0.412. The minimum atomic E-state index is -1.40. The number of nitrogens with one attached hydrogen (secondary N) is 1. The summed E-state index contributed by atoms with van der Waals surface area (Å²) in [4.78, 5) is 16.3. The van der Waals surface area contributed by atoms with Crippen LogP contribution in [0.2, 0.25) is 0 Å². The summed E-state index contributed by atoms with van der Waals surface area (Å²) in [6.07, 6.45) is 3.16. The minimum absolute atomic E-state index is 0.100. The largest absolute Gasteiger partial charge is 0.324 e. The smallest absolute Gasteiger partial charge is 0.228 e. The van der Waals surface area contributed by atoms with Crippen molar-refractivity contribution in [1.82, 2.24) is 4.98 Å². The first-order chi connectivity index (χ1) is 11.2. The number of hydrogen-bond donors (Lipinski definition) is 1. The summed E-state index contributed by atoms with van der Waals surface area (Å²) in [7, 11) is 0. The van der Waals surface area contributed by atoms with Gasteiger partial charge in [0, 0.05) is 22.6 Å². The van der Waals surface area contributed by atoms with Crippen molar-refractivity contribution < 1.29 is 4.39 Å². The zero-order chi connectivity index (χ0) is 16.1. The Labute approximate surface area is 141 Å². The van der Waals surface area contributed by atoms with Gasteiger partial charge in [-0.2, -0.15) is 4.99 Å². The number of nitrogens with zero attached hydrogens (tertiary/aromatic N) is 4. The van der Waals surface area contributed by atoms with Crippen LogP contribution in [-0.4, -0.2) is 29.2 Å². The van der Waals surface area contributed by atoms with Gasteiger partial charge in [-0.1, -0.05) is 22.0 Å². The van der Waals surface area contributed by atoms with Gasteiger partial charge in [-0.05, 0) is 35.9 Å². The summed E-state index contributed by atoms with van der Waals surface area (Å²) in [6, 6.07) is 11.2. The normalized spacial score (nSPS) is 18.8. The molecule has 7 heteroatoms. The first kappa shape index (κ1) is 15.5. The molecule has 1 aliphatic heterocycles. The molecule has 0 bridgehead atoms. The maximum Gasteiger partial charge on any atom is 0.228 e. The van der Waals surface area contributed by atoms with E-state index in [1.165, 1.54) is 6.21 Å². The third kappa shape index (κ3) is 4.29. The highest BCUT2D eigenvalue weighted by Gasteiger charge is 2.17. The molecule has 0 saturated heterocycles. The van der Waals surface area contributed by atoms with E-state index in [0.717, 1.165) is 15.7 Å². The van der Waals surface area contributed by atoms with Gasteiger partial charge in [-0.25, -0.2) is 9.38 Å². The second-order valence-electron chi connectivity index (χ2n) is 4.78. The highest BCUT2D eigenvalue weighted by Crippen LogP contribution is 2.15. The topological polar surface area (TPSA) is 62.0 Å². The summed E-state index contributed by atoms with van der Waals surface area (Å²) in [5.41, 5.74) is 1.71. The molecule has 0 radical (unpaired) electrons. The van der Waals surface area contributed by atoms with Crippen molar-refractivity contribution in [2.45, 2.75) is 12.7 Å². The van der Waals surface area contributed by atoms with Gasteiger partial charge in [0.25, 0.3) is 0 Å². The summed E-state index contributed by atoms with van der Waals surface area (Å²) in [6.45, 7) is 0.326. The van der Waals surface area contributed by atoms with Crippen molar-refractivity contribution in [2.24, 2.45) is 15.0 Å². The van der Waals surface area contributed by atoms with E-state index < -0.39 is 6.17 Å². The molecule has 0 saturated carbocycles. The lowest BCUT2D eigenvalue weighted by Crippen LogP contribution is -2.25. The van der Waals surface area contributed by atoms with Crippen LogP contribution in [-0.2, 0) is 6.54 Å². The Morgan fingerprint density at radius 3 is 2.78 bits per heavy atom. The third-order valence-electron chi connectivity index (χ3n) is 3.04. The van der Waals surface area contributed by atoms with E-state index in [9.17, 15) is 4.39 Å². The molecule has 0 aliphatic carbocycles. The van der Waals surface area contributed by atoms with Crippen LogP contribution in [0.5, 0.6) is 0 Å². The van der Waals surface area contributed by atoms with Gasteiger partial charge >= 0.3 is 0 Å². The van der Waals surface area contributed by atoms with Gasteiger partial charge in [-0.3, -0.25) is 9.98 Å². The van der Waals surface area contributed by atoms with Gasteiger partial charge in [-0.15, -0.1) is 0 Å². The average Bonchev–Trinajstić information content (AvgIpc) is 2.58. The zero-order valence-corrected chi connectivity index (χ0v) is 13.6. The monoisotopic (exact) mass is 373 g/mol. The van der Waals surface area contributed by atoms with Crippen LogP contribution in [0.3, 0.4) is 0 Å². The van der Waals surface area contributed by atoms with Crippen LogP contribution in [0.25, 0.3) is 0 Å². The lowest BCUT2D eigenvalue weighted by Gasteiger charge is -2.12. The molecule has 0 fully saturated rings. The molecule has 1 unspecified atom stereocenters. The number of aliphatic imine (C=N–C) groups is 3. The maximum absolute atomic E-state index is 13.9. The Morgan fingerprint density at radius 1 is 1.22 bits per heavy atom. The number of hydrogen-bond acceptors (Lipinski definition) is 4. The molecule has 2 aromatic rings. The number of alkyl halides is 1. The van der Waals surface area contributed by atoms with Gasteiger partial charge in [0.05, 0.1) is 12.8 Å². The molecule has 23 heavy (non-hydrogen) atoms. The molecule has 0 amide bonds. The Morgan fingerprint density at radius 2 is 2.04 bits per heavy atom. The van der Waals surface area contributed by atoms with Gasteiger partial charge in [0.15, 0.2) is 12.0 Å². The van der Waals surface area contributed by atoms with Crippen molar-refractivity contribution in [3.8, 4) is 0 Å². The Bertz CT molecular complexity index is 756. The number of rotatable bonds is 3. The summed E-state index contributed by atoms with van der Waals surface area (Å²) < 4.78 is 14.9. The number of guanidine groups is 1. The quantitative estimate of drug-likeness (QED) is 0.892. The standard InChI is InChI=1S/C16H13BrFN5/c17-12-3-5-13(6-4-12)22-16-21-10-14(18)15(23-16)20-9-11-2-1-7-19-8-11/h1-8,10,14H,9H2,(H,20,22,23). The van der Waals surface area contributed by atoms with Crippen molar-refractivity contribution in [1.29, 1.82) is 0 Å². The third-order valence-corrected chi connectivity index (χ3v) is 3.57. The summed E-state index contributed by atoms with van der Waals surface area (Å²) >= 11 is 3.37. The number of halogens is 2. The number of pyridine rings is 1. The highest BCUT2D eigenvalue weighted by atomic mass is 79.9. The van der Waals surface area contributed by atoms with E-state index in [1.54, 1.807) is 12.4 Å². The predicted molar refractivity (Wildman–Crippen MR) is 94.0 cm³/mol. The van der Waals surface area contributed by atoms with Crippen LogP contribution < -0.4 is 5.32 Å². The van der Waals surface area contributed by atoms with E-state index in [4.69, 9.17) is 0 Å². The Kier molecular flexibility index (Phi) is 4.87. The van der Waals surface area contributed by atoms with E-state index in [0.29, 0.717) is 12.5 Å². The second-order valence-corrected chi connectivity index (χ2v) is 5.70. The molecule has 116 valence electrons. The van der Waals surface area contributed by atoms with Crippen molar-refractivity contribution in [3.63, 3.8) is 0 Å². The Hall–Kier alpha value is -2.41. The van der Waals surface area contributed by atoms with Gasteiger partial charge in [0.2, 0.25) is 5.96 Å². The molecule has 5 nitrogen and oxygen atoms in total. The molecule has 0 spiro atoms. The van der Waals surface area contributed by atoms with Crippen molar-refractivity contribution in [3.05, 3.63) is 58.8 Å². The molecule has 3 rings (SSSR count). The minimum Gasteiger partial charge on any atom is -0.324 e.